The molecule has 4 N–H and O–H groups in total. The van der Waals surface area contributed by atoms with Gasteiger partial charge in [0.15, 0.2) is 0 Å². The Morgan fingerprint density at radius 2 is 2.16 bits per heavy atom. The van der Waals surface area contributed by atoms with Gasteiger partial charge in [0.25, 0.3) is 0 Å². The smallest absolute Gasteiger partial charge is 0.145 e. The Kier molecular flexibility index (Phi) is 4.64. The highest BCUT2D eigenvalue weighted by atomic mass is 32.1. The second kappa shape index (κ2) is 6.44. The zero-order valence-corrected chi connectivity index (χ0v) is 11.9. The third kappa shape index (κ3) is 3.62. The highest BCUT2D eigenvalue weighted by molar-refractivity contribution is 7.09. The number of nitrogens with zero attached hydrogens (tertiary/aromatic N) is 3. The van der Waals surface area contributed by atoms with Crippen LogP contribution in [0.1, 0.15) is 30.6 Å². The molecule has 1 unspecified atom stereocenters. The van der Waals surface area contributed by atoms with E-state index in [0.29, 0.717) is 11.7 Å². The van der Waals surface area contributed by atoms with Gasteiger partial charge in [0.2, 0.25) is 0 Å². The van der Waals surface area contributed by atoms with Crippen molar-refractivity contribution in [2.24, 2.45) is 5.84 Å². The van der Waals surface area contributed by atoms with Gasteiger partial charge in [-0.25, -0.2) is 20.8 Å². The van der Waals surface area contributed by atoms with Crippen LogP contribution >= 0.6 is 11.3 Å². The summed E-state index contributed by atoms with van der Waals surface area (Å²) >= 11 is 1.67. The molecule has 0 saturated carbocycles. The first-order valence-corrected chi connectivity index (χ1v) is 7.08. The maximum absolute atomic E-state index is 5.40. The molecule has 2 aromatic heterocycles. The lowest BCUT2D eigenvalue weighted by molar-refractivity contribution is 0.789. The van der Waals surface area contributed by atoms with Crippen LogP contribution in [0.2, 0.25) is 0 Å². The lowest BCUT2D eigenvalue weighted by Crippen LogP contribution is -2.14. The van der Waals surface area contributed by atoms with E-state index in [1.165, 1.54) is 0 Å². The van der Waals surface area contributed by atoms with E-state index in [4.69, 9.17) is 5.84 Å². The first kappa shape index (κ1) is 13.7. The number of nitrogen functional groups attached to an aromatic ring is 1. The molecule has 0 aliphatic carbocycles. The van der Waals surface area contributed by atoms with E-state index in [1.807, 2.05) is 18.5 Å². The van der Waals surface area contributed by atoms with Crippen LogP contribution in [0.4, 0.5) is 11.6 Å². The molecular formula is C12H18N6S. The average molecular weight is 278 g/mol. The summed E-state index contributed by atoms with van der Waals surface area (Å²) in [5.74, 6) is 7.91. The number of anilines is 2. The van der Waals surface area contributed by atoms with Crippen LogP contribution in [0.25, 0.3) is 0 Å². The predicted octanol–water partition coefficient (Wildman–Crippen LogP) is 2.00. The normalized spacial score (nSPS) is 12.2. The minimum absolute atomic E-state index is 0.342. The maximum Gasteiger partial charge on any atom is 0.145 e. The number of hydrazine groups is 1. The number of hydrogen-bond acceptors (Lipinski definition) is 7. The molecule has 6 nitrogen and oxygen atoms in total. The second-order valence-corrected chi connectivity index (χ2v) is 5.13. The summed E-state index contributed by atoms with van der Waals surface area (Å²) in [7, 11) is 0. The molecule has 0 amide bonds. The average Bonchev–Trinajstić information content (AvgIpc) is 2.98. The first-order chi connectivity index (χ1) is 9.22. The molecule has 0 aliphatic heterocycles. The highest BCUT2D eigenvalue weighted by Gasteiger charge is 2.09. The van der Waals surface area contributed by atoms with Crippen molar-refractivity contribution in [3.63, 3.8) is 0 Å². The largest absolute Gasteiger partial charge is 0.369 e. The van der Waals surface area contributed by atoms with Gasteiger partial charge in [0, 0.05) is 36.5 Å². The third-order valence-electron chi connectivity index (χ3n) is 2.70. The van der Waals surface area contributed by atoms with E-state index in [1.54, 1.807) is 17.4 Å². The van der Waals surface area contributed by atoms with E-state index < -0.39 is 0 Å². The number of nitrogens with one attached hydrogen (secondary N) is 2. The number of hydrogen-bond donors (Lipinski definition) is 3. The maximum atomic E-state index is 5.40. The fourth-order valence-corrected chi connectivity index (χ4v) is 2.34. The summed E-state index contributed by atoms with van der Waals surface area (Å²) in [5, 5.41) is 6.41. The molecule has 2 heterocycles. The van der Waals surface area contributed by atoms with Crippen LogP contribution in [0, 0.1) is 0 Å². The summed E-state index contributed by atoms with van der Waals surface area (Å²) in [6.45, 7) is 4.92. The van der Waals surface area contributed by atoms with Gasteiger partial charge in [-0.3, -0.25) is 0 Å². The number of rotatable bonds is 6. The summed E-state index contributed by atoms with van der Waals surface area (Å²) in [4.78, 5) is 13.0. The molecule has 2 aromatic rings. The van der Waals surface area contributed by atoms with E-state index in [2.05, 4.69) is 32.6 Å². The summed E-state index contributed by atoms with van der Waals surface area (Å²) in [5.41, 5.74) is 2.56. The molecule has 0 aromatic carbocycles. The fourth-order valence-electron chi connectivity index (χ4n) is 1.64. The second-order valence-electron chi connectivity index (χ2n) is 4.20. The molecule has 0 radical (unpaired) electrons. The van der Waals surface area contributed by atoms with Crippen molar-refractivity contribution >= 4 is 23.0 Å². The minimum Gasteiger partial charge on any atom is -0.369 e. The molecule has 0 bridgehead atoms. The molecule has 102 valence electrons. The third-order valence-corrected chi connectivity index (χ3v) is 3.71. The van der Waals surface area contributed by atoms with E-state index >= 15 is 0 Å². The highest BCUT2D eigenvalue weighted by Crippen LogP contribution is 2.18. The lowest BCUT2D eigenvalue weighted by Gasteiger charge is -2.12. The quantitative estimate of drug-likeness (QED) is 0.553. The van der Waals surface area contributed by atoms with Crippen LogP contribution < -0.4 is 16.6 Å². The summed E-state index contributed by atoms with van der Waals surface area (Å²) < 4.78 is 0. The molecule has 1 atom stereocenters. The molecule has 0 saturated heterocycles. The van der Waals surface area contributed by atoms with Gasteiger partial charge in [0.05, 0.1) is 5.01 Å². The monoisotopic (exact) mass is 278 g/mol. The Bertz CT molecular complexity index is 491. The van der Waals surface area contributed by atoms with E-state index in [9.17, 15) is 0 Å². The van der Waals surface area contributed by atoms with Crippen molar-refractivity contribution in [3.8, 4) is 0 Å². The molecule has 19 heavy (non-hydrogen) atoms. The number of aryl methyl sites for hydroxylation is 1. The van der Waals surface area contributed by atoms with Gasteiger partial charge in [-0.15, -0.1) is 11.3 Å². The van der Waals surface area contributed by atoms with Crippen LogP contribution in [0.3, 0.4) is 0 Å². The molecule has 7 heteroatoms. The Balaban J connectivity index is 2.02. The topological polar surface area (TPSA) is 88.8 Å². The van der Waals surface area contributed by atoms with Crippen LogP contribution in [0.15, 0.2) is 17.6 Å². The van der Waals surface area contributed by atoms with Crippen molar-refractivity contribution in [1.82, 2.24) is 15.0 Å². The minimum atomic E-state index is 0.342. The molecular weight excluding hydrogens is 260 g/mol. The molecule has 2 rings (SSSR count). The summed E-state index contributed by atoms with van der Waals surface area (Å²) in [6.07, 6.45) is 2.60. The zero-order chi connectivity index (χ0) is 13.7. The molecule has 0 fully saturated rings. The number of nitrogens with two attached hydrogens (primary N) is 1. The molecule has 0 aliphatic rings. The Labute approximate surface area is 116 Å². The van der Waals surface area contributed by atoms with Crippen molar-refractivity contribution < 1.29 is 0 Å². The first-order valence-electron chi connectivity index (χ1n) is 6.20. The summed E-state index contributed by atoms with van der Waals surface area (Å²) in [6, 6.07) is 1.80. The SMILES string of the molecule is CCc1nc(NN)cc(NCC(C)c2nccs2)n1. The van der Waals surface area contributed by atoms with Gasteiger partial charge in [-0.1, -0.05) is 13.8 Å². The van der Waals surface area contributed by atoms with Crippen molar-refractivity contribution in [1.29, 1.82) is 0 Å². The molecule has 0 spiro atoms. The van der Waals surface area contributed by atoms with Crippen molar-refractivity contribution in [3.05, 3.63) is 28.5 Å². The fraction of sp³-hybridized carbons (Fsp3) is 0.417. The Morgan fingerprint density at radius 3 is 2.79 bits per heavy atom. The predicted molar refractivity (Wildman–Crippen MR) is 78.2 cm³/mol. The lowest BCUT2D eigenvalue weighted by atomic mass is 10.2. The van der Waals surface area contributed by atoms with Crippen molar-refractivity contribution in [2.75, 3.05) is 17.3 Å². The standard InChI is InChI=1S/C12H18N6S/c1-3-9-16-10(6-11(17-9)18-13)15-7-8(2)12-14-4-5-19-12/h4-6,8H,3,7,13H2,1-2H3,(H2,15,16,17,18). The van der Waals surface area contributed by atoms with Crippen molar-refractivity contribution in [2.45, 2.75) is 26.2 Å². The van der Waals surface area contributed by atoms with Gasteiger partial charge >= 0.3 is 0 Å². The number of aromatic nitrogens is 3. The van der Waals surface area contributed by atoms with Gasteiger partial charge in [-0.05, 0) is 0 Å². The zero-order valence-electron chi connectivity index (χ0n) is 11.1. The van der Waals surface area contributed by atoms with E-state index in [-0.39, 0.29) is 0 Å². The van der Waals surface area contributed by atoms with Gasteiger partial charge in [0.1, 0.15) is 17.5 Å². The van der Waals surface area contributed by atoms with Crippen LogP contribution in [0.5, 0.6) is 0 Å². The van der Waals surface area contributed by atoms with Gasteiger partial charge in [-0.2, -0.15) is 0 Å². The number of thiazole rings is 1. The Morgan fingerprint density at radius 1 is 1.37 bits per heavy atom. The van der Waals surface area contributed by atoms with Gasteiger partial charge < -0.3 is 10.7 Å². The Hall–Kier alpha value is -1.73. The van der Waals surface area contributed by atoms with Crippen LogP contribution in [-0.2, 0) is 6.42 Å². The van der Waals surface area contributed by atoms with E-state index in [0.717, 1.165) is 29.6 Å². The van der Waals surface area contributed by atoms with Crippen LogP contribution in [-0.4, -0.2) is 21.5 Å².